The highest BCUT2D eigenvalue weighted by molar-refractivity contribution is 5.80. The number of hydrogen-bond acceptors (Lipinski definition) is 4. The topological polar surface area (TPSA) is 53.3 Å². The predicted molar refractivity (Wildman–Crippen MR) is 106 cm³/mol. The SMILES string of the molecule is COc1ccc(-c2nc3ccccc3c(=O)n2-c2cccc(OC)c2)cc1. The number of fused-ring (bicyclic) bond motifs is 1. The Hall–Kier alpha value is -3.60. The molecular weight excluding hydrogens is 340 g/mol. The lowest BCUT2D eigenvalue weighted by atomic mass is 10.1. The van der Waals surface area contributed by atoms with E-state index in [4.69, 9.17) is 14.5 Å². The van der Waals surface area contributed by atoms with Crippen LogP contribution in [0.1, 0.15) is 0 Å². The van der Waals surface area contributed by atoms with Crippen molar-refractivity contribution in [1.82, 2.24) is 9.55 Å². The molecular formula is C22H18N2O3. The second-order valence-corrected chi connectivity index (χ2v) is 6.02. The Bertz CT molecular complexity index is 1160. The second-order valence-electron chi connectivity index (χ2n) is 6.02. The fourth-order valence-electron chi connectivity index (χ4n) is 3.06. The van der Waals surface area contributed by atoms with Crippen molar-refractivity contribution in [3.8, 4) is 28.6 Å². The van der Waals surface area contributed by atoms with Crippen LogP contribution in [0.2, 0.25) is 0 Å². The predicted octanol–water partition coefficient (Wildman–Crippen LogP) is 4.07. The van der Waals surface area contributed by atoms with Crippen molar-refractivity contribution in [3.63, 3.8) is 0 Å². The Morgan fingerprint density at radius 2 is 1.56 bits per heavy atom. The zero-order valence-electron chi connectivity index (χ0n) is 15.0. The number of ether oxygens (including phenoxy) is 2. The molecule has 0 aliphatic carbocycles. The van der Waals surface area contributed by atoms with Crippen molar-refractivity contribution >= 4 is 10.9 Å². The van der Waals surface area contributed by atoms with Gasteiger partial charge < -0.3 is 9.47 Å². The molecule has 5 nitrogen and oxygen atoms in total. The van der Waals surface area contributed by atoms with Gasteiger partial charge in [-0.2, -0.15) is 0 Å². The Morgan fingerprint density at radius 3 is 2.30 bits per heavy atom. The summed E-state index contributed by atoms with van der Waals surface area (Å²) in [5.41, 5.74) is 2.05. The van der Waals surface area contributed by atoms with E-state index in [0.29, 0.717) is 28.2 Å². The quantitative estimate of drug-likeness (QED) is 0.552. The molecule has 0 saturated carbocycles. The summed E-state index contributed by atoms with van der Waals surface area (Å²) < 4.78 is 12.2. The lowest BCUT2D eigenvalue weighted by Gasteiger charge is -2.15. The van der Waals surface area contributed by atoms with Gasteiger partial charge in [-0.25, -0.2) is 4.98 Å². The highest BCUT2D eigenvalue weighted by Crippen LogP contribution is 2.25. The van der Waals surface area contributed by atoms with Gasteiger partial charge in [-0.3, -0.25) is 9.36 Å². The Labute approximate surface area is 156 Å². The average Bonchev–Trinajstić information content (AvgIpc) is 2.74. The van der Waals surface area contributed by atoms with Crippen LogP contribution in [-0.2, 0) is 0 Å². The van der Waals surface area contributed by atoms with Gasteiger partial charge in [-0.1, -0.05) is 18.2 Å². The highest BCUT2D eigenvalue weighted by atomic mass is 16.5. The molecule has 0 bridgehead atoms. The van der Waals surface area contributed by atoms with Crippen molar-refractivity contribution in [2.45, 2.75) is 0 Å². The summed E-state index contributed by atoms with van der Waals surface area (Å²) in [5, 5.41) is 0.567. The van der Waals surface area contributed by atoms with Gasteiger partial charge in [-0.15, -0.1) is 0 Å². The van der Waals surface area contributed by atoms with E-state index in [1.54, 1.807) is 24.9 Å². The standard InChI is InChI=1S/C22H18N2O3/c1-26-17-12-10-15(11-13-17)21-23-20-9-4-3-8-19(20)22(25)24(21)16-6-5-7-18(14-16)27-2/h3-14H,1-2H3. The molecule has 1 heterocycles. The van der Waals surface area contributed by atoms with E-state index in [0.717, 1.165) is 11.3 Å². The molecule has 3 aromatic carbocycles. The molecule has 4 aromatic rings. The number of nitrogens with zero attached hydrogens (tertiary/aromatic N) is 2. The maximum atomic E-state index is 13.3. The fourth-order valence-corrected chi connectivity index (χ4v) is 3.06. The minimum absolute atomic E-state index is 0.125. The van der Waals surface area contributed by atoms with Crippen LogP contribution in [0, 0.1) is 0 Å². The van der Waals surface area contributed by atoms with Gasteiger partial charge in [0.1, 0.15) is 17.3 Å². The molecule has 0 radical (unpaired) electrons. The van der Waals surface area contributed by atoms with E-state index in [1.165, 1.54) is 0 Å². The minimum Gasteiger partial charge on any atom is -0.497 e. The Morgan fingerprint density at radius 1 is 0.815 bits per heavy atom. The highest BCUT2D eigenvalue weighted by Gasteiger charge is 2.15. The van der Waals surface area contributed by atoms with Crippen molar-refractivity contribution in [3.05, 3.63) is 83.2 Å². The van der Waals surface area contributed by atoms with Crippen LogP contribution >= 0.6 is 0 Å². The lowest BCUT2D eigenvalue weighted by Crippen LogP contribution is -2.22. The summed E-state index contributed by atoms with van der Waals surface area (Å²) in [6, 6.07) is 22.2. The third-order valence-electron chi connectivity index (χ3n) is 4.44. The molecule has 0 atom stereocenters. The maximum absolute atomic E-state index is 13.3. The van der Waals surface area contributed by atoms with E-state index < -0.39 is 0 Å². The summed E-state index contributed by atoms with van der Waals surface area (Å²) in [7, 11) is 3.22. The number of rotatable bonds is 4. The van der Waals surface area contributed by atoms with Gasteiger partial charge in [0.15, 0.2) is 0 Å². The molecule has 1 aromatic heterocycles. The van der Waals surface area contributed by atoms with E-state index in [9.17, 15) is 4.79 Å². The zero-order chi connectivity index (χ0) is 18.8. The molecule has 0 N–H and O–H groups in total. The van der Waals surface area contributed by atoms with E-state index >= 15 is 0 Å². The first-order valence-corrected chi connectivity index (χ1v) is 8.52. The first kappa shape index (κ1) is 16.8. The first-order chi connectivity index (χ1) is 13.2. The van der Waals surface area contributed by atoms with Crippen LogP contribution in [0.25, 0.3) is 28.0 Å². The molecule has 0 aliphatic rings. The maximum Gasteiger partial charge on any atom is 0.266 e. The molecule has 0 amide bonds. The largest absolute Gasteiger partial charge is 0.497 e. The molecule has 0 saturated heterocycles. The van der Waals surface area contributed by atoms with Gasteiger partial charge in [0.2, 0.25) is 0 Å². The summed E-state index contributed by atoms with van der Waals surface area (Å²) in [6.07, 6.45) is 0. The van der Waals surface area contributed by atoms with Crippen molar-refractivity contribution in [1.29, 1.82) is 0 Å². The molecule has 134 valence electrons. The number of methoxy groups -OCH3 is 2. The van der Waals surface area contributed by atoms with Crippen LogP contribution in [-0.4, -0.2) is 23.8 Å². The monoisotopic (exact) mass is 358 g/mol. The number of hydrogen-bond donors (Lipinski definition) is 0. The summed E-state index contributed by atoms with van der Waals surface area (Å²) in [4.78, 5) is 18.1. The van der Waals surface area contributed by atoms with E-state index in [-0.39, 0.29) is 5.56 Å². The average molecular weight is 358 g/mol. The Kier molecular flexibility index (Phi) is 4.34. The minimum atomic E-state index is -0.125. The summed E-state index contributed by atoms with van der Waals surface area (Å²) in [5.74, 6) is 1.98. The molecule has 0 aliphatic heterocycles. The number of aromatic nitrogens is 2. The molecule has 0 unspecified atom stereocenters. The van der Waals surface area contributed by atoms with E-state index in [1.807, 2.05) is 66.7 Å². The van der Waals surface area contributed by atoms with Gasteiger partial charge in [-0.05, 0) is 48.5 Å². The fraction of sp³-hybridized carbons (Fsp3) is 0.0909. The first-order valence-electron chi connectivity index (χ1n) is 8.52. The smallest absolute Gasteiger partial charge is 0.266 e. The van der Waals surface area contributed by atoms with Gasteiger partial charge in [0.25, 0.3) is 5.56 Å². The molecule has 0 spiro atoms. The van der Waals surface area contributed by atoms with Gasteiger partial charge in [0.05, 0.1) is 30.8 Å². The van der Waals surface area contributed by atoms with Crippen LogP contribution in [0.3, 0.4) is 0 Å². The molecule has 5 heteroatoms. The van der Waals surface area contributed by atoms with Crippen LogP contribution in [0.5, 0.6) is 11.5 Å². The normalized spacial score (nSPS) is 10.7. The molecule has 4 rings (SSSR count). The van der Waals surface area contributed by atoms with Gasteiger partial charge in [0, 0.05) is 11.6 Å². The van der Waals surface area contributed by atoms with Crippen LogP contribution in [0.15, 0.2) is 77.6 Å². The van der Waals surface area contributed by atoms with Crippen LogP contribution < -0.4 is 15.0 Å². The zero-order valence-corrected chi connectivity index (χ0v) is 15.0. The van der Waals surface area contributed by atoms with Crippen LogP contribution in [0.4, 0.5) is 0 Å². The van der Waals surface area contributed by atoms with Crippen molar-refractivity contribution in [2.75, 3.05) is 14.2 Å². The number of para-hydroxylation sites is 1. The summed E-state index contributed by atoms with van der Waals surface area (Å²) in [6.45, 7) is 0. The van der Waals surface area contributed by atoms with E-state index in [2.05, 4.69) is 0 Å². The molecule has 27 heavy (non-hydrogen) atoms. The Balaban J connectivity index is 2.04. The summed E-state index contributed by atoms with van der Waals surface area (Å²) >= 11 is 0. The van der Waals surface area contributed by atoms with Gasteiger partial charge >= 0.3 is 0 Å². The number of benzene rings is 3. The second kappa shape index (κ2) is 6.96. The lowest BCUT2D eigenvalue weighted by molar-refractivity contribution is 0.414. The third kappa shape index (κ3) is 3.04. The van der Waals surface area contributed by atoms with Crippen molar-refractivity contribution < 1.29 is 9.47 Å². The van der Waals surface area contributed by atoms with Crippen molar-refractivity contribution in [2.24, 2.45) is 0 Å². The molecule has 0 fully saturated rings. The third-order valence-corrected chi connectivity index (χ3v) is 4.44.